The predicted octanol–water partition coefficient (Wildman–Crippen LogP) is 3.63. The maximum Gasteiger partial charge on any atom is 0.256 e. The van der Waals surface area contributed by atoms with Gasteiger partial charge in [-0.1, -0.05) is 57.7 Å². The molecule has 1 aromatic carbocycles. The van der Waals surface area contributed by atoms with Gasteiger partial charge in [-0.25, -0.2) is 0 Å². The highest BCUT2D eigenvalue weighted by molar-refractivity contribution is 7.99. The number of thioether (sulfide) groups is 1. The van der Waals surface area contributed by atoms with Crippen LogP contribution in [0.5, 0.6) is 0 Å². The van der Waals surface area contributed by atoms with E-state index in [0.29, 0.717) is 17.7 Å². The van der Waals surface area contributed by atoms with Crippen molar-refractivity contribution in [3.8, 4) is 0 Å². The van der Waals surface area contributed by atoms with Gasteiger partial charge in [-0.2, -0.15) is 0 Å². The van der Waals surface area contributed by atoms with Crippen molar-refractivity contribution in [1.29, 1.82) is 0 Å². The van der Waals surface area contributed by atoms with E-state index in [1.165, 1.54) is 12.8 Å². The molecule has 1 saturated heterocycles. The molecule has 168 valence electrons. The molecule has 6 nitrogen and oxygen atoms in total. The first-order valence-electron chi connectivity index (χ1n) is 11.6. The second-order valence-corrected chi connectivity index (χ2v) is 10.5. The Kier molecular flexibility index (Phi) is 6.89. The van der Waals surface area contributed by atoms with Gasteiger partial charge in [-0.3, -0.25) is 14.4 Å². The topological polar surface area (TPSA) is 78.5 Å². The summed E-state index contributed by atoms with van der Waals surface area (Å²) < 4.78 is 0. The Labute approximate surface area is 188 Å². The number of hydrogen-bond donors (Lipinski definition) is 2. The van der Waals surface area contributed by atoms with Crippen LogP contribution in [0.3, 0.4) is 0 Å². The smallest absolute Gasteiger partial charge is 0.256 e. The van der Waals surface area contributed by atoms with Crippen LogP contribution in [0.1, 0.15) is 80.1 Å². The van der Waals surface area contributed by atoms with Crippen LogP contribution >= 0.6 is 11.8 Å². The van der Waals surface area contributed by atoms with Gasteiger partial charge in [0.15, 0.2) is 0 Å². The number of benzene rings is 1. The molecule has 0 radical (unpaired) electrons. The molecule has 2 N–H and O–H groups in total. The Morgan fingerprint density at radius 2 is 1.84 bits per heavy atom. The number of carbonyl (C=O) groups excluding carboxylic acids is 3. The van der Waals surface area contributed by atoms with Gasteiger partial charge in [-0.05, 0) is 36.8 Å². The van der Waals surface area contributed by atoms with Crippen LogP contribution < -0.4 is 10.6 Å². The van der Waals surface area contributed by atoms with Crippen molar-refractivity contribution in [2.75, 3.05) is 5.75 Å². The third-order valence-electron chi connectivity index (χ3n) is 6.54. The van der Waals surface area contributed by atoms with Crippen molar-refractivity contribution in [2.24, 2.45) is 5.92 Å². The number of carbonyl (C=O) groups is 3. The number of amides is 3. The summed E-state index contributed by atoms with van der Waals surface area (Å²) in [4.78, 5) is 40.9. The molecule has 4 rings (SSSR count). The van der Waals surface area contributed by atoms with E-state index < -0.39 is 12.1 Å². The lowest BCUT2D eigenvalue weighted by Crippen LogP contribution is -2.54. The summed E-state index contributed by atoms with van der Waals surface area (Å²) in [6, 6.07) is 6.66. The van der Waals surface area contributed by atoms with E-state index in [9.17, 15) is 14.4 Å². The van der Waals surface area contributed by atoms with Gasteiger partial charge in [-0.15, -0.1) is 11.8 Å². The van der Waals surface area contributed by atoms with Crippen LogP contribution in [0.25, 0.3) is 0 Å². The van der Waals surface area contributed by atoms with Gasteiger partial charge in [0.25, 0.3) is 5.91 Å². The zero-order valence-electron chi connectivity index (χ0n) is 18.4. The van der Waals surface area contributed by atoms with Crippen molar-refractivity contribution in [3.05, 3.63) is 35.4 Å². The molecule has 3 amide bonds. The normalized spacial score (nSPS) is 24.5. The highest BCUT2D eigenvalue weighted by atomic mass is 32.2. The average Bonchev–Trinajstić information content (AvgIpc) is 3.18. The van der Waals surface area contributed by atoms with E-state index in [1.54, 1.807) is 16.7 Å². The van der Waals surface area contributed by atoms with Crippen LogP contribution in [0.4, 0.5) is 0 Å². The molecule has 1 saturated carbocycles. The summed E-state index contributed by atoms with van der Waals surface area (Å²) >= 11 is 1.62. The van der Waals surface area contributed by atoms with Gasteiger partial charge in [0.2, 0.25) is 11.8 Å². The number of rotatable bonds is 6. The maximum atomic E-state index is 13.2. The standard InChI is InChI=1S/C24H33N3O3S/c1-15(2)13-19(21(28)25-16-9-5-3-4-6-10-16)26-22(29)20-14-31-24-18-12-8-7-11-17(18)23(30)27(20)24/h7-8,11-12,15-16,19-20,24H,3-6,9-10,13-14H2,1-2H3,(H,25,28)(H,26,29). The summed E-state index contributed by atoms with van der Waals surface area (Å²) in [6.45, 7) is 4.11. The van der Waals surface area contributed by atoms with Crippen LogP contribution in [0, 0.1) is 5.92 Å². The van der Waals surface area contributed by atoms with Crippen molar-refractivity contribution < 1.29 is 14.4 Å². The zero-order chi connectivity index (χ0) is 22.0. The second-order valence-electron chi connectivity index (χ2n) is 9.39. The molecule has 3 unspecified atom stereocenters. The number of nitrogens with zero attached hydrogens (tertiary/aromatic N) is 1. The molecule has 0 aromatic heterocycles. The van der Waals surface area contributed by atoms with Crippen molar-refractivity contribution >= 4 is 29.5 Å². The fraction of sp³-hybridized carbons (Fsp3) is 0.625. The molecule has 2 fully saturated rings. The molecular weight excluding hydrogens is 410 g/mol. The number of hydrogen-bond acceptors (Lipinski definition) is 4. The van der Waals surface area contributed by atoms with Crippen LogP contribution in [-0.2, 0) is 9.59 Å². The maximum absolute atomic E-state index is 13.2. The summed E-state index contributed by atoms with van der Waals surface area (Å²) in [5, 5.41) is 6.08. The third-order valence-corrected chi connectivity index (χ3v) is 7.84. The number of fused-ring (bicyclic) bond motifs is 3. The summed E-state index contributed by atoms with van der Waals surface area (Å²) in [7, 11) is 0. The van der Waals surface area contributed by atoms with Gasteiger partial charge in [0.05, 0.1) is 0 Å². The fourth-order valence-corrected chi connectivity index (χ4v) is 6.40. The molecule has 1 aliphatic carbocycles. The number of nitrogens with one attached hydrogen (secondary N) is 2. The first-order valence-corrected chi connectivity index (χ1v) is 12.6. The van der Waals surface area contributed by atoms with E-state index in [1.807, 2.05) is 24.3 Å². The first kappa shape index (κ1) is 22.2. The molecule has 3 atom stereocenters. The minimum atomic E-state index is -0.570. The van der Waals surface area contributed by atoms with Gasteiger partial charge < -0.3 is 15.5 Å². The molecule has 1 aromatic rings. The van der Waals surface area contributed by atoms with Gasteiger partial charge in [0.1, 0.15) is 17.5 Å². The minimum Gasteiger partial charge on any atom is -0.352 e. The van der Waals surface area contributed by atoms with E-state index in [0.717, 1.165) is 31.2 Å². The Bertz CT molecular complexity index is 835. The Morgan fingerprint density at radius 1 is 1.13 bits per heavy atom. The molecule has 3 aliphatic rings. The molecule has 0 bridgehead atoms. The average molecular weight is 444 g/mol. The van der Waals surface area contributed by atoms with Crippen LogP contribution in [0.2, 0.25) is 0 Å². The fourth-order valence-electron chi connectivity index (χ4n) is 4.94. The van der Waals surface area contributed by atoms with Crippen molar-refractivity contribution in [2.45, 2.75) is 82.3 Å². The predicted molar refractivity (Wildman–Crippen MR) is 123 cm³/mol. The van der Waals surface area contributed by atoms with Gasteiger partial charge >= 0.3 is 0 Å². The molecule has 31 heavy (non-hydrogen) atoms. The van der Waals surface area contributed by atoms with Crippen molar-refractivity contribution in [3.63, 3.8) is 0 Å². The highest BCUT2D eigenvalue weighted by Crippen LogP contribution is 2.48. The second kappa shape index (κ2) is 9.63. The summed E-state index contributed by atoms with van der Waals surface area (Å²) in [6.07, 6.45) is 7.35. The van der Waals surface area contributed by atoms with E-state index in [4.69, 9.17) is 0 Å². The summed E-state index contributed by atoms with van der Waals surface area (Å²) in [5.74, 6) is 0.419. The van der Waals surface area contributed by atoms with E-state index in [-0.39, 0.29) is 35.1 Å². The van der Waals surface area contributed by atoms with Crippen LogP contribution in [0.15, 0.2) is 24.3 Å². The lowest BCUT2D eigenvalue weighted by Gasteiger charge is -2.27. The monoisotopic (exact) mass is 443 g/mol. The highest BCUT2D eigenvalue weighted by Gasteiger charge is 2.48. The molecule has 7 heteroatoms. The quantitative estimate of drug-likeness (QED) is 0.658. The Hall–Kier alpha value is -2.02. The Balaban J connectivity index is 1.43. The lowest BCUT2D eigenvalue weighted by atomic mass is 10.0. The zero-order valence-corrected chi connectivity index (χ0v) is 19.2. The van der Waals surface area contributed by atoms with Crippen molar-refractivity contribution in [1.82, 2.24) is 15.5 Å². The molecule has 2 aliphatic heterocycles. The van der Waals surface area contributed by atoms with Gasteiger partial charge in [0, 0.05) is 17.4 Å². The van der Waals surface area contributed by atoms with Crippen LogP contribution in [-0.4, -0.2) is 46.5 Å². The van der Waals surface area contributed by atoms with E-state index >= 15 is 0 Å². The first-order chi connectivity index (χ1) is 15.0. The third kappa shape index (κ3) is 4.76. The molecule has 2 heterocycles. The molecular formula is C24H33N3O3S. The SMILES string of the molecule is CC(C)CC(NC(=O)C1CSC2c3ccccc3C(=O)N12)C(=O)NC1CCCCCC1. The largest absolute Gasteiger partial charge is 0.352 e. The summed E-state index contributed by atoms with van der Waals surface area (Å²) in [5.41, 5.74) is 1.67. The Morgan fingerprint density at radius 3 is 2.55 bits per heavy atom. The molecule has 0 spiro atoms. The lowest BCUT2D eigenvalue weighted by molar-refractivity contribution is -0.131. The minimum absolute atomic E-state index is 0.0888. The van der Waals surface area contributed by atoms with E-state index in [2.05, 4.69) is 24.5 Å².